The van der Waals surface area contributed by atoms with Crippen molar-refractivity contribution in [3.63, 3.8) is 0 Å². The number of nitrogens with zero attached hydrogens (tertiary/aromatic N) is 1. The zero-order valence-corrected chi connectivity index (χ0v) is 16.7. The van der Waals surface area contributed by atoms with E-state index in [9.17, 15) is 4.79 Å². The number of anilines is 1. The summed E-state index contributed by atoms with van der Waals surface area (Å²) in [6.07, 6.45) is 3.52. The fourth-order valence-corrected chi connectivity index (χ4v) is 4.88. The van der Waals surface area contributed by atoms with Crippen LogP contribution in [0.15, 0.2) is 24.3 Å². The molecule has 4 nitrogen and oxygen atoms in total. The predicted octanol–water partition coefficient (Wildman–Crippen LogP) is 4.58. The summed E-state index contributed by atoms with van der Waals surface area (Å²) in [7, 11) is 1.41. The molecule has 1 aliphatic rings. The van der Waals surface area contributed by atoms with Crippen LogP contribution >= 0.6 is 11.3 Å². The van der Waals surface area contributed by atoms with Gasteiger partial charge in [-0.2, -0.15) is 0 Å². The molecule has 1 aliphatic heterocycles. The highest BCUT2D eigenvalue weighted by molar-refractivity contribution is 7.17. The minimum atomic E-state index is -0.355. The molecule has 1 fully saturated rings. The second-order valence-electron chi connectivity index (χ2n) is 7.16. The lowest BCUT2D eigenvalue weighted by molar-refractivity contribution is 0.0603. The zero-order chi connectivity index (χ0) is 18.7. The Hall–Kier alpha value is -1.85. The lowest BCUT2D eigenvalue weighted by Crippen LogP contribution is -2.33. The summed E-state index contributed by atoms with van der Waals surface area (Å²) in [4.78, 5) is 16.0. The van der Waals surface area contributed by atoms with Crippen LogP contribution in [0.2, 0.25) is 0 Å². The standard InChI is InChI=1S/C21H28N2O2S/c1-4-15-7-9-16(10-8-15)18-17(13-23-11-5-6-14(2)12-23)26-20(22)19(18)21(24)25-3/h7-10,14H,4-6,11-13,22H2,1-3H3. The summed E-state index contributed by atoms with van der Waals surface area (Å²) in [5, 5.41) is 0.548. The quantitative estimate of drug-likeness (QED) is 0.781. The molecule has 1 aromatic heterocycles. The second kappa shape index (κ2) is 8.23. The number of ether oxygens (including phenoxy) is 1. The van der Waals surface area contributed by atoms with Gasteiger partial charge in [-0.15, -0.1) is 11.3 Å². The first-order valence-electron chi connectivity index (χ1n) is 9.34. The van der Waals surface area contributed by atoms with Gasteiger partial charge in [0, 0.05) is 23.5 Å². The van der Waals surface area contributed by atoms with E-state index in [0.717, 1.165) is 42.1 Å². The van der Waals surface area contributed by atoms with Crippen molar-refractivity contribution >= 4 is 22.3 Å². The summed E-state index contributed by atoms with van der Waals surface area (Å²) in [5.74, 6) is 0.361. The van der Waals surface area contributed by atoms with Gasteiger partial charge in [0.25, 0.3) is 0 Å². The molecule has 140 valence electrons. The fraction of sp³-hybridized carbons (Fsp3) is 0.476. The van der Waals surface area contributed by atoms with E-state index in [1.807, 2.05) is 0 Å². The molecule has 3 rings (SSSR count). The zero-order valence-electron chi connectivity index (χ0n) is 15.9. The van der Waals surface area contributed by atoms with E-state index in [1.165, 1.54) is 36.9 Å². The molecule has 1 saturated heterocycles. The normalized spacial score (nSPS) is 18.0. The van der Waals surface area contributed by atoms with E-state index in [0.29, 0.717) is 16.5 Å². The number of rotatable bonds is 5. The Labute approximate surface area is 160 Å². The lowest BCUT2D eigenvalue weighted by Gasteiger charge is -2.30. The Morgan fingerprint density at radius 1 is 1.35 bits per heavy atom. The van der Waals surface area contributed by atoms with E-state index in [2.05, 4.69) is 43.0 Å². The van der Waals surface area contributed by atoms with Crippen molar-refractivity contribution in [1.29, 1.82) is 0 Å². The number of carbonyl (C=O) groups is 1. The van der Waals surface area contributed by atoms with Crippen LogP contribution in [0.5, 0.6) is 0 Å². The molecule has 2 heterocycles. The molecule has 1 unspecified atom stereocenters. The highest BCUT2D eigenvalue weighted by atomic mass is 32.1. The van der Waals surface area contributed by atoms with Crippen LogP contribution in [0.25, 0.3) is 11.1 Å². The highest BCUT2D eigenvalue weighted by Gasteiger charge is 2.26. The first-order valence-corrected chi connectivity index (χ1v) is 10.2. The van der Waals surface area contributed by atoms with Gasteiger partial charge in [0.1, 0.15) is 10.6 Å². The van der Waals surface area contributed by atoms with Crippen LogP contribution in [0, 0.1) is 5.92 Å². The number of nitrogens with two attached hydrogens (primary N) is 1. The topological polar surface area (TPSA) is 55.6 Å². The molecular weight excluding hydrogens is 344 g/mol. The summed E-state index contributed by atoms with van der Waals surface area (Å²) >= 11 is 1.52. The molecule has 2 N–H and O–H groups in total. The van der Waals surface area contributed by atoms with Crippen LogP contribution in [-0.4, -0.2) is 31.1 Å². The number of hydrogen-bond acceptors (Lipinski definition) is 5. The molecular formula is C21H28N2O2S. The van der Waals surface area contributed by atoms with E-state index < -0.39 is 0 Å². The van der Waals surface area contributed by atoms with Crippen molar-refractivity contribution in [2.75, 3.05) is 25.9 Å². The van der Waals surface area contributed by atoms with Crippen LogP contribution in [-0.2, 0) is 17.7 Å². The van der Waals surface area contributed by atoms with Crippen LogP contribution < -0.4 is 5.73 Å². The van der Waals surface area contributed by atoms with Gasteiger partial charge in [-0.3, -0.25) is 4.90 Å². The Balaban J connectivity index is 2.01. The third kappa shape index (κ3) is 3.94. The monoisotopic (exact) mass is 372 g/mol. The van der Waals surface area contributed by atoms with E-state index in [-0.39, 0.29) is 5.97 Å². The Morgan fingerprint density at radius 2 is 2.08 bits per heavy atom. The SMILES string of the molecule is CCc1ccc(-c2c(CN3CCCC(C)C3)sc(N)c2C(=O)OC)cc1. The van der Waals surface area contributed by atoms with E-state index in [4.69, 9.17) is 10.5 Å². The molecule has 5 heteroatoms. The predicted molar refractivity (Wildman–Crippen MR) is 109 cm³/mol. The summed E-state index contributed by atoms with van der Waals surface area (Å²) in [6.45, 7) is 7.48. The van der Waals surface area contributed by atoms with Gasteiger partial charge in [-0.1, -0.05) is 38.1 Å². The molecule has 26 heavy (non-hydrogen) atoms. The van der Waals surface area contributed by atoms with Gasteiger partial charge < -0.3 is 10.5 Å². The Bertz CT molecular complexity index is 767. The number of methoxy groups -OCH3 is 1. The second-order valence-corrected chi connectivity index (χ2v) is 8.30. The highest BCUT2D eigenvalue weighted by Crippen LogP contribution is 2.40. The van der Waals surface area contributed by atoms with Crippen molar-refractivity contribution in [1.82, 2.24) is 4.90 Å². The van der Waals surface area contributed by atoms with Crippen molar-refractivity contribution in [2.24, 2.45) is 5.92 Å². The molecule has 0 radical (unpaired) electrons. The molecule has 0 saturated carbocycles. The van der Waals surface area contributed by atoms with Crippen LogP contribution in [0.4, 0.5) is 5.00 Å². The summed E-state index contributed by atoms with van der Waals surface area (Å²) in [6, 6.07) is 8.43. The smallest absolute Gasteiger partial charge is 0.341 e. The number of esters is 1. The number of hydrogen-bond donors (Lipinski definition) is 1. The van der Waals surface area contributed by atoms with Crippen molar-refractivity contribution in [3.8, 4) is 11.1 Å². The van der Waals surface area contributed by atoms with Gasteiger partial charge in [-0.25, -0.2) is 4.79 Å². The van der Waals surface area contributed by atoms with Crippen LogP contribution in [0.3, 0.4) is 0 Å². The fourth-order valence-electron chi connectivity index (χ4n) is 3.76. The summed E-state index contributed by atoms with van der Waals surface area (Å²) in [5.41, 5.74) is 10.0. The van der Waals surface area contributed by atoms with Crippen molar-refractivity contribution in [2.45, 2.75) is 39.7 Å². The third-order valence-electron chi connectivity index (χ3n) is 5.16. The number of nitrogen functional groups attached to an aromatic ring is 1. The van der Waals surface area contributed by atoms with E-state index in [1.54, 1.807) is 0 Å². The molecule has 0 amide bonds. The molecule has 1 aromatic carbocycles. The van der Waals surface area contributed by atoms with E-state index >= 15 is 0 Å². The maximum absolute atomic E-state index is 12.4. The maximum atomic E-state index is 12.4. The number of thiophene rings is 1. The van der Waals surface area contributed by atoms with Crippen molar-refractivity contribution in [3.05, 3.63) is 40.3 Å². The van der Waals surface area contributed by atoms with Gasteiger partial charge in [-0.05, 0) is 42.9 Å². The molecule has 0 bridgehead atoms. The molecule has 2 aromatic rings. The number of benzene rings is 1. The first kappa shape index (κ1) is 18.9. The average molecular weight is 373 g/mol. The molecule has 1 atom stereocenters. The average Bonchev–Trinajstić information content (AvgIpc) is 2.97. The Morgan fingerprint density at radius 3 is 2.69 bits per heavy atom. The number of likely N-dealkylation sites (tertiary alicyclic amines) is 1. The molecule has 0 aliphatic carbocycles. The van der Waals surface area contributed by atoms with Gasteiger partial charge in [0.05, 0.1) is 7.11 Å². The van der Waals surface area contributed by atoms with Gasteiger partial charge in [0.15, 0.2) is 0 Å². The summed E-state index contributed by atoms with van der Waals surface area (Å²) < 4.78 is 5.02. The van der Waals surface area contributed by atoms with Crippen LogP contribution in [0.1, 0.15) is 47.5 Å². The van der Waals surface area contributed by atoms with Gasteiger partial charge in [0.2, 0.25) is 0 Å². The van der Waals surface area contributed by atoms with Gasteiger partial charge >= 0.3 is 5.97 Å². The first-order chi connectivity index (χ1) is 12.5. The Kier molecular flexibility index (Phi) is 5.99. The minimum Gasteiger partial charge on any atom is -0.465 e. The maximum Gasteiger partial charge on any atom is 0.341 e. The lowest BCUT2D eigenvalue weighted by atomic mass is 9.97. The third-order valence-corrected chi connectivity index (χ3v) is 6.16. The number of carbonyl (C=O) groups excluding carboxylic acids is 1. The molecule has 0 spiro atoms. The number of aryl methyl sites for hydroxylation is 1. The largest absolute Gasteiger partial charge is 0.465 e. The van der Waals surface area contributed by atoms with Crippen molar-refractivity contribution < 1.29 is 9.53 Å². The number of piperidine rings is 1. The minimum absolute atomic E-state index is 0.355.